The van der Waals surface area contributed by atoms with Gasteiger partial charge in [-0.1, -0.05) is 13.8 Å². The summed E-state index contributed by atoms with van der Waals surface area (Å²) in [7, 11) is 0. The number of ether oxygens (including phenoxy) is 1. The highest BCUT2D eigenvalue weighted by Gasteiger charge is 2.28. The first kappa shape index (κ1) is 20.4. The molecule has 6 heteroatoms. The number of carbonyl (C=O) groups excluding carboxylic acids is 1. The quantitative estimate of drug-likeness (QED) is 0.770. The molecular weight excluding hydrogens is 358 g/mol. The van der Waals surface area contributed by atoms with Crippen molar-refractivity contribution in [2.75, 3.05) is 6.61 Å². The lowest BCUT2D eigenvalue weighted by molar-refractivity contribution is -0.121. The van der Waals surface area contributed by atoms with E-state index >= 15 is 0 Å². The predicted octanol–water partition coefficient (Wildman–Crippen LogP) is 2.88. The molecule has 1 unspecified atom stereocenters. The highest BCUT2D eigenvalue weighted by Crippen LogP contribution is 2.36. The van der Waals surface area contributed by atoms with Crippen LogP contribution in [0.1, 0.15) is 50.8 Å². The van der Waals surface area contributed by atoms with Crippen LogP contribution in [0.5, 0.6) is 5.75 Å². The monoisotopic (exact) mass is 387 g/mol. The lowest BCUT2D eigenvalue weighted by atomic mass is 9.92. The molecule has 0 aliphatic carbocycles. The molecule has 2 N–H and O–H groups in total. The van der Waals surface area contributed by atoms with E-state index in [0.29, 0.717) is 11.1 Å². The Morgan fingerprint density at radius 3 is 2.68 bits per heavy atom. The molecule has 0 spiro atoms. The Balaban J connectivity index is 1.95. The zero-order chi connectivity index (χ0) is 20.6. The van der Waals surface area contributed by atoms with Gasteiger partial charge < -0.3 is 19.6 Å². The molecule has 0 saturated heterocycles. The predicted molar refractivity (Wildman–Crippen MR) is 108 cm³/mol. The molecule has 1 aromatic heterocycles. The summed E-state index contributed by atoms with van der Waals surface area (Å²) < 4.78 is 11.6. The Morgan fingerprint density at radius 1 is 1.32 bits per heavy atom. The average molecular weight is 387 g/mol. The van der Waals surface area contributed by atoms with Gasteiger partial charge in [0.1, 0.15) is 16.9 Å². The van der Waals surface area contributed by atoms with Gasteiger partial charge >= 0.3 is 5.63 Å². The number of aryl methyl sites for hydroxylation is 2. The molecule has 2 heterocycles. The molecular formula is C22H29NO5. The van der Waals surface area contributed by atoms with E-state index in [2.05, 4.69) is 5.32 Å². The Morgan fingerprint density at radius 2 is 2.04 bits per heavy atom. The summed E-state index contributed by atoms with van der Waals surface area (Å²) in [5, 5.41) is 13.0. The van der Waals surface area contributed by atoms with Crippen molar-refractivity contribution in [3.63, 3.8) is 0 Å². The lowest BCUT2D eigenvalue weighted by Crippen LogP contribution is -2.42. The zero-order valence-corrected chi connectivity index (χ0v) is 17.2. The minimum atomic E-state index is -0.514. The van der Waals surface area contributed by atoms with Gasteiger partial charge in [-0.25, -0.2) is 4.79 Å². The maximum atomic E-state index is 12.5. The maximum absolute atomic E-state index is 12.5. The Bertz CT molecular complexity index is 958. The van der Waals surface area contributed by atoms with Crippen molar-refractivity contribution in [1.82, 2.24) is 5.32 Å². The third-order valence-corrected chi connectivity index (χ3v) is 5.54. The summed E-state index contributed by atoms with van der Waals surface area (Å²) in [5.74, 6) is 0.545. The van der Waals surface area contributed by atoms with Crippen molar-refractivity contribution in [3.8, 4) is 5.75 Å². The first-order valence-corrected chi connectivity index (χ1v) is 9.79. The Hall–Kier alpha value is -2.34. The van der Waals surface area contributed by atoms with Crippen molar-refractivity contribution in [1.29, 1.82) is 0 Å². The van der Waals surface area contributed by atoms with E-state index in [9.17, 15) is 14.7 Å². The highest BCUT2D eigenvalue weighted by molar-refractivity contribution is 5.86. The van der Waals surface area contributed by atoms with Crippen LogP contribution in [0.3, 0.4) is 0 Å². The van der Waals surface area contributed by atoms with Crippen LogP contribution >= 0.6 is 0 Å². The van der Waals surface area contributed by atoms with Crippen molar-refractivity contribution < 1.29 is 19.1 Å². The molecule has 0 bridgehead atoms. The molecule has 28 heavy (non-hydrogen) atoms. The van der Waals surface area contributed by atoms with Gasteiger partial charge in [0.2, 0.25) is 5.91 Å². The standard InChI is InChI=1S/C22H29NO5/c1-12(2)17(11-24)23-20(25)9-16-13(3)15-8-14-6-7-22(4,5)28-18(14)10-19(15)27-21(16)26/h8,10,12,17,24H,6-7,9,11H2,1-5H3,(H,23,25). The zero-order valence-electron chi connectivity index (χ0n) is 17.2. The lowest BCUT2D eigenvalue weighted by Gasteiger charge is -2.32. The maximum Gasteiger partial charge on any atom is 0.340 e. The van der Waals surface area contributed by atoms with E-state index in [-0.39, 0.29) is 36.5 Å². The summed E-state index contributed by atoms with van der Waals surface area (Å²) in [6.07, 6.45) is 1.72. The minimum Gasteiger partial charge on any atom is -0.487 e. The largest absolute Gasteiger partial charge is 0.487 e. The number of amides is 1. The summed E-state index contributed by atoms with van der Waals surface area (Å²) in [5.41, 5.74) is 1.90. The molecule has 0 saturated carbocycles. The van der Waals surface area contributed by atoms with Crippen LogP contribution in [0, 0.1) is 12.8 Å². The smallest absolute Gasteiger partial charge is 0.340 e. The molecule has 2 aromatic rings. The fraction of sp³-hybridized carbons (Fsp3) is 0.545. The van der Waals surface area contributed by atoms with Crippen LogP contribution in [0.2, 0.25) is 0 Å². The van der Waals surface area contributed by atoms with Crippen LogP contribution in [-0.4, -0.2) is 29.3 Å². The second-order valence-corrected chi connectivity index (χ2v) is 8.59. The molecule has 152 valence electrons. The molecule has 6 nitrogen and oxygen atoms in total. The van der Waals surface area contributed by atoms with Gasteiger partial charge in [-0.2, -0.15) is 0 Å². The van der Waals surface area contributed by atoms with Crippen molar-refractivity contribution >= 4 is 16.9 Å². The summed E-state index contributed by atoms with van der Waals surface area (Å²) in [4.78, 5) is 24.9. The molecule has 1 aromatic carbocycles. The van der Waals surface area contributed by atoms with E-state index in [1.165, 1.54) is 0 Å². The van der Waals surface area contributed by atoms with E-state index in [4.69, 9.17) is 9.15 Å². The normalized spacial score (nSPS) is 16.5. The first-order chi connectivity index (χ1) is 13.1. The number of benzene rings is 1. The SMILES string of the molecule is Cc1c(CC(=O)NC(CO)C(C)C)c(=O)oc2cc3c(cc12)CCC(C)(C)O3. The van der Waals surface area contributed by atoms with Crippen LogP contribution in [0.25, 0.3) is 11.0 Å². The number of hydrogen-bond acceptors (Lipinski definition) is 5. The molecule has 1 atom stereocenters. The third kappa shape index (κ3) is 4.07. The van der Waals surface area contributed by atoms with Gasteiger partial charge in [0.05, 0.1) is 24.6 Å². The molecule has 1 aliphatic heterocycles. The molecule has 3 rings (SSSR count). The number of aliphatic hydroxyl groups is 1. The highest BCUT2D eigenvalue weighted by atomic mass is 16.5. The van der Waals surface area contributed by atoms with Crippen LogP contribution in [0.15, 0.2) is 21.3 Å². The van der Waals surface area contributed by atoms with Gasteiger partial charge in [0.15, 0.2) is 0 Å². The Kier molecular flexibility index (Phi) is 5.53. The van der Waals surface area contributed by atoms with E-state index in [1.807, 2.05) is 40.7 Å². The van der Waals surface area contributed by atoms with Gasteiger partial charge in [-0.05, 0) is 56.7 Å². The number of fused-ring (bicyclic) bond motifs is 2. The van der Waals surface area contributed by atoms with Crippen LogP contribution in [-0.2, 0) is 17.6 Å². The summed E-state index contributed by atoms with van der Waals surface area (Å²) in [6, 6.07) is 3.45. The number of aliphatic hydroxyl groups excluding tert-OH is 1. The van der Waals surface area contributed by atoms with Gasteiger partial charge in [0.25, 0.3) is 0 Å². The average Bonchev–Trinajstić information content (AvgIpc) is 2.61. The molecule has 0 fully saturated rings. The fourth-order valence-electron chi connectivity index (χ4n) is 3.58. The van der Waals surface area contributed by atoms with Crippen LogP contribution in [0.4, 0.5) is 0 Å². The number of nitrogens with one attached hydrogen (secondary N) is 1. The molecule has 1 amide bonds. The summed E-state index contributed by atoms with van der Waals surface area (Å²) >= 11 is 0. The first-order valence-electron chi connectivity index (χ1n) is 9.79. The number of hydrogen-bond donors (Lipinski definition) is 2. The third-order valence-electron chi connectivity index (χ3n) is 5.54. The van der Waals surface area contributed by atoms with Crippen molar-refractivity contribution in [2.24, 2.45) is 5.92 Å². The van der Waals surface area contributed by atoms with E-state index in [1.54, 1.807) is 6.07 Å². The topological polar surface area (TPSA) is 88.8 Å². The van der Waals surface area contributed by atoms with Gasteiger partial charge in [-0.3, -0.25) is 4.79 Å². The Labute approximate surface area is 164 Å². The van der Waals surface area contributed by atoms with Gasteiger partial charge in [0, 0.05) is 11.5 Å². The fourth-order valence-corrected chi connectivity index (χ4v) is 3.58. The minimum absolute atomic E-state index is 0.0755. The van der Waals surface area contributed by atoms with Gasteiger partial charge in [-0.15, -0.1) is 0 Å². The van der Waals surface area contributed by atoms with E-state index in [0.717, 1.165) is 35.1 Å². The molecule has 0 radical (unpaired) electrons. The second-order valence-electron chi connectivity index (χ2n) is 8.59. The summed E-state index contributed by atoms with van der Waals surface area (Å²) in [6.45, 7) is 9.62. The second kappa shape index (κ2) is 7.59. The van der Waals surface area contributed by atoms with E-state index < -0.39 is 5.63 Å². The molecule has 1 aliphatic rings. The number of carbonyl (C=O) groups is 1. The number of rotatable bonds is 5. The van der Waals surface area contributed by atoms with Crippen molar-refractivity contribution in [2.45, 2.75) is 65.5 Å². The van der Waals surface area contributed by atoms with Crippen molar-refractivity contribution in [3.05, 3.63) is 39.2 Å². The van der Waals surface area contributed by atoms with Crippen LogP contribution < -0.4 is 15.7 Å².